The number of pyridine rings is 2. The number of sulfonamides is 1. The summed E-state index contributed by atoms with van der Waals surface area (Å²) < 4.78 is 46.4. The average molecular weight is 602 g/mol. The van der Waals surface area contributed by atoms with Crippen LogP contribution in [0.3, 0.4) is 0 Å². The number of aromatic amines is 1. The second-order valence-corrected chi connectivity index (χ2v) is 9.94. The van der Waals surface area contributed by atoms with Crippen LogP contribution in [-0.2, 0) is 10.0 Å². The van der Waals surface area contributed by atoms with Crippen LogP contribution in [0.4, 0.5) is 5.82 Å². The quantitative estimate of drug-likeness (QED) is 0.185. The molecule has 5 aromatic rings. The Morgan fingerprint density at radius 2 is 1.86 bits per heavy atom. The van der Waals surface area contributed by atoms with Crippen molar-refractivity contribution in [2.75, 3.05) is 25.0 Å². The molecule has 0 spiro atoms. The van der Waals surface area contributed by atoms with Gasteiger partial charge >= 0.3 is 29.6 Å². The molecule has 3 N–H and O–H groups in total. The molecule has 0 aliphatic heterocycles. The van der Waals surface area contributed by atoms with E-state index in [2.05, 4.69) is 45.3 Å². The summed E-state index contributed by atoms with van der Waals surface area (Å²) in [7, 11) is -2.79. The molecule has 0 radical (unpaired) electrons. The van der Waals surface area contributed by atoms with Gasteiger partial charge in [0.1, 0.15) is 12.3 Å². The standard InChI is InChI=1S/C25H23N9O6S.Na.H/c1-15-7-8-20(27-14-15)41(36,37)32-24-21(40-19-6-4-3-5-18(19)38-2)25(39-12-11-35)29-22(28-24)16-9-10-26-17(13-16)23-30-33-34-31-23;;/h3-10,13-14,35H,11-12H2,1-2H3,(H,28,29,32)(H,30,31,33,34);;. The Bertz CT molecular complexity index is 1760. The normalized spacial score (nSPS) is 10.9. The van der Waals surface area contributed by atoms with E-state index in [-0.39, 0.29) is 76.8 Å². The van der Waals surface area contributed by atoms with E-state index in [0.29, 0.717) is 22.8 Å². The van der Waals surface area contributed by atoms with Gasteiger partial charge in [-0.2, -0.15) is 13.4 Å². The monoisotopic (exact) mass is 601 g/mol. The molecule has 0 bridgehead atoms. The first-order valence-electron chi connectivity index (χ1n) is 12.0. The predicted molar refractivity (Wildman–Crippen MR) is 151 cm³/mol. The van der Waals surface area contributed by atoms with Crippen LogP contribution in [0.2, 0.25) is 0 Å². The fourth-order valence-electron chi connectivity index (χ4n) is 3.53. The molecule has 5 rings (SSSR count). The van der Waals surface area contributed by atoms with Crippen molar-refractivity contribution in [3.8, 4) is 46.0 Å². The van der Waals surface area contributed by atoms with Gasteiger partial charge in [0.05, 0.1) is 13.7 Å². The van der Waals surface area contributed by atoms with Crippen molar-refractivity contribution in [3.63, 3.8) is 0 Å². The van der Waals surface area contributed by atoms with E-state index in [1.165, 1.54) is 25.6 Å². The zero-order valence-electron chi connectivity index (χ0n) is 21.7. The van der Waals surface area contributed by atoms with Crippen LogP contribution in [0.1, 0.15) is 5.56 Å². The molecular weight excluding hydrogens is 577 g/mol. The number of hydrogen-bond donors (Lipinski definition) is 3. The predicted octanol–water partition coefficient (Wildman–Crippen LogP) is 1.75. The van der Waals surface area contributed by atoms with Crippen LogP contribution in [0, 0.1) is 6.92 Å². The van der Waals surface area contributed by atoms with Gasteiger partial charge in [-0.25, -0.2) is 15.1 Å². The summed E-state index contributed by atoms with van der Waals surface area (Å²) in [5.74, 6) is 0.370. The fourth-order valence-corrected chi connectivity index (χ4v) is 4.47. The summed E-state index contributed by atoms with van der Waals surface area (Å²) in [6, 6.07) is 12.9. The Hall–Kier alpha value is -4.22. The molecule has 0 aliphatic rings. The van der Waals surface area contributed by atoms with E-state index in [1.807, 2.05) is 0 Å². The number of aryl methyl sites for hydroxylation is 1. The number of tetrazole rings is 1. The van der Waals surface area contributed by atoms with Gasteiger partial charge in [0.15, 0.2) is 34.0 Å². The molecule has 0 fully saturated rings. The summed E-state index contributed by atoms with van der Waals surface area (Å²) in [6.07, 6.45) is 2.92. The Labute approximate surface area is 262 Å². The van der Waals surface area contributed by atoms with Crippen molar-refractivity contribution >= 4 is 45.4 Å². The number of hydrogen-bond acceptors (Lipinski definition) is 13. The maximum atomic E-state index is 13.4. The summed E-state index contributed by atoms with van der Waals surface area (Å²) in [5, 5.41) is 22.8. The van der Waals surface area contributed by atoms with Gasteiger partial charge in [0.25, 0.3) is 15.9 Å². The summed E-state index contributed by atoms with van der Waals surface area (Å²) in [6.45, 7) is 1.27. The molecule has 4 aromatic heterocycles. The molecule has 0 amide bonds. The van der Waals surface area contributed by atoms with Crippen LogP contribution >= 0.6 is 0 Å². The Morgan fingerprint density at radius 1 is 1.05 bits per heavy atom. The summed E-state index contributed by atoms with van der Waals surface area (Å²) >= 11 is 0. The molecule has 0 saturated carbocycles. The van der Waals surface area contributed by atoms with Crippen molar-refractivity contribution in [2.24, 2.45) is 0 Å². The number of aromatic nitrogens is 8. The van der Waals surface area contributed by atoms with Crippen molar-refractivity contribution in [2.45, 2.75) is 11.9 Å². The molecule has 0 saturated heterocycles. The van der Waals surface area contributed by atoms with Gasteiger partial charge in [0, 0.05) is 18.0 Å². The molecule has 4 heterocycles. The zero-order chi connectivity index (χ0) is 28.8. The molecule has 0 atom stereocenters. The van der Waals surface area contributed by atoms with Crippen LogP contribution < -0.4 is 18.9 Å². The molecule has 17 heteroatoms. The number of aliphatic hydroxyl groups excluding tert-OH is 1. The number of para-hydroxylation sites is 2. The van der Waals surface area contributed by atoms with Gasteiger partial charge in [0.2, 0.25) is 5.75 Å². The SMILES string of the molecule is COc1ccccc1Oc1c(NS(=O)(=O)c2ccc(C)cn2)nc(-c2ccnc(-c3nnn[nH]3)c2)nc1OCCO.[NaH]. The van der Waals surface area contributed by atoms with Gasteiger partial charge < -0.3 is 19.3 Å². The third-order valence-electron chi connectivity index (χ3n) is 5.44. The number of nitrogens with zero attached hydrogens (tertiary/aromatic N) is 7. The summed E-state index contributed by atoms with van der Waals surface area (Å²) in [4.78, 5) is 17.2. The Kier molecular flexibility index (Phi) is 9.97. The molecule has 1 aromatic carbocycles. The number of aliphatic hydroxyl groups is 1. The van der Waals surface area contributed by atoms with Crippen LogP contribution in [0.15, 0.2) is 66.0 Å². The van der Waals surface area contributed by atoms with Crippen molar-refractivity contribution in [1.29, 1.82) is 0 Å². The average Bonchev–Trinajstić information content (AvgIpc) is 3.53. The number of anilines is 1. The molecule has 42 heavy (non-hydrogen) atoms. The molecule has 15 nitrogen and oxygen atoms in total. The van der Waals surface area contributed by atoms with E-state index in [4.69, 9.17) is 14.2 Å². The van der Waals surface area contributed by atoms with Gasteiger partial charge in [-0.1, -0.05) is 18.2 Å². The first kappa shape index (κ1) is 30.7. The van der Waals surface area contributed by atoms with Gasteiger partial charge in [-0.05, 0) is 53.2 Å². The maximum absolute atomic E-state index is 13.4. The molecule has 0 unspecified atom stereocenters. The van der Waals surface area contributed by atoms with Gasteiger partial charge in [-0.3, -0.25) is 9.71 Å². The molecular formula is C25H24N9NaO6S. The molecule has 0 aliphatic carbocycles. The third kappa shape index (κ3) is 6.97. The second kappa shape index (κ2) is 13.6. The van der Waals surface area contributed by atoms with Crippen molar-refractivity contribution < 1.29 is 27.7 Å². The number of benzene rings is 1. The first-order valence-corrected chi connectivity index (χ1v) is 13.5. The minimum absolute atomic E-state index is 0. The third-order valence-corrected chi connectivity index (χ3v) is 6.70. The van der Waals surface area contributed by atoms with Gasteiger partial charge in [-0.15, -0.1) is 5.10 Å². The first-order chi connectivity index (χ1) is 19.9. The van der Waals surface area contributed by atoms with Crippen molar-refractivity contribution in [1.82, 2.24) is 40.6 Å². The van der Waals surface area contributed by atoms with E-state index in [1.54, 1.807) is 49.4 Å². The zero-order valence-corrected chi connectivity index (χ0v) is 22.5. The number of H-pyrrole nitrogens is 1. The van der Waals surface area contributed by atoms with E-state index >= 15 is 0 Å². The number of rotatable bonds is 11. The van der Waals surface area contributed by atoms with E-state index in [9.17, 15) is 13.5 Å². The molecule has 212 valence electrons. The fraction of sp³-hybridized carbons (Fsp3) is 0.160. The van der Waals surface area contributed by atoms with E-state index in [0.717, 1.165) is 5.56 Å². The van der Waals surface area contributed by atoms with Crippen LogP contribution in [0.5, 0.6) is 23.1 Å². The number of ether oxygens (including phenoxy) is 3. The van der Waals surface area contributed by atoms with E-state index < -0.39 is 10.0 Å². The van der Waals surface area contributed by atoms with Crippen LogP contribution in [-0.4, -0.2) is 104 Å². The summed E-state index contributed by atoms with van der Waals surface area (Å²) in [5.41, 5.74) is 1.59. The van der Waals surface area contributed by atoms with Crippen molar-refractivity contribution in [3.05, 3.63) is 66.5 Å². The topological polar surface area (TPSA) is 200 Å². The number of nitrogens with one attached hydrogen (secondary N) is 2. The Balaban J connectivity index is 0.00000405. The minimum atomic E-state index is -4.25. The Morgan fingerprint density at radius 3 is 2.55 bits per heavy atom. The second-order valence-electron chi connectivity index (χ2n) is 8.31. The number of methoxy groups -OCH3 is 1. The van der Waals surface area contributed by atoms with Crippen LogP contribution in [0.25, 0.3) is 22.9 Å².